The lowest BCUT2D eigenvalue weighted by Gasteiger charge is -2.33. The highest BCUT2D eigenvalue weighted by Crippen LogP contribution is 2.26. The fourth-order valence-electron chi connectivity index (χ4n) is 3.33. The average Bonchev–Trinajstić information content (AvgIpc) is 2.86. The molecule has 2 heterocycles. The lowest BCUT2D eigenvalue weighted by molar-refractivity contribution is 0.0220. The highest BCUT2D eigenvalue weighted by atomic mass is 35.5. The van der Waals surface area contributed by atoms with E-state index in [4.69, 9.17) is 25.8 Å². The highest BCUT2D eigenvalue weighted by molar-refractivity contribution is 7.90. The smallest absolute Gasteiger partial charge is 0.288 e. The fraction of sp³-hybridized carbons (Fsp3) is 0.476. The summed E-state index contributed by atoms with van der Waals surface area (Å²) < 4.78 is 44.7. The van der Waals surface area contributed by atoms with Gasteiger partial charge in [0.15, 0.2) is 5.82 Å². The molecule has 196 valence electrons. The number of carbonyl (C=O) groups is 1. The zero-order chi connectivity index (χ0) is 26.3. The molecule has 0 aromatic carbocycles. The zero-order valence-corrected chi connectivity index (χ0v) is 21.7. The number of nitrogens with one attached hydrogen (secondary N) is 3. The number of amides is 1. The molecule has 0 aliphatic heterocycles. The molecule has 0 bridgehead atoms. The Kier molecular flexibility index (Phi) is 9.37. The number of aliphatic imine (C=N–C) groups is 1. The van der Waals surface area contributed by atoms with Gasteiger partial charge in [-0.2, -0.15) is 0 Å². The van der Waals surface area contributed by atoms with E-state index in [0.29, 0.717) is 11.4 Å². The van der Waals surface area contributed by atoms with Crippen LogP contribution in [0.1, 0.15) is 42.2 Å². The van der Waals surface area contributed by atoms with Gasteiger partial charge in [-0.3, -0.25) is 20.4 Å². The van der Waals surface area contributed by atoms with Crippen molar-refractivity contribution in [3.8, 4) is 5.88 Å². The summed E-state index contributed by atoms with van der Waals surface area (Å²) in [6, 6.07) is 4.36. The quantitative estimate of drug-likeness (QED) is 0.237. The molecule has 13 nitrogen and oxygen atoms in total. The van der Waals surface area contributed by atoms with Crippen LogP contribution in [0.3, 0.4) is 0 Å². The second-order valence-corrected chi connectivity index (χ2v) is 10.3. The van der Waals surface area contributed by atoms with Gasteiger partial charge >= 0.3 is 0 Å². The number of guanidine groups is 1. The minimum atomic E-state index is -4.12. The molecule has 0 spiro atoms. The summed E-state index contributed by atoms with van der Waals surface area (Å²) in [5.41, 5.74) is 5.00. The molecule has 15 heteroatoms. The molecular formula is C21H28ClN7O6S. The van der Waals surface area contributed by atoms with Gasteiger partial charge in [-0.25, -0.2) is 28.4 Å². The van der Waals surface area contributed by atoms with Crippen molar-refractivity contribution in [2.24, 2.45) is 4.99 Å². The van der Waals surface area contributed by atoms with Crippen LogP contribution in [0.5, 0.6) is 5.88 Å². The molecule has 0 unspecified atom stereocenters. The third-order valence-corrected chi connectivity index (χ3v) is 7.44. The normalized spacial score (nSPS) is 19.5. The summed E-state index contributed by atoms with van der Waals surface area (Å²) in [6.45, 7) is 1.44. The third kappa shape index (κ3) is 6.78. The molecule has 2 aromatic heterocycles. The number of pyridine rings is 1. The maximum absolute atomic E-state index is 13.3. The fourth-order valence-corrected chi connectivity index (χ4v) is 4.54. The van der Waals surface area contributed by atoms with Gasteiger partial charge in [0, 0.05) is 32.7 Å². The Hall–Kier alpha value is -3.07. The number of aromatic nitrogens is 3. The van der Waals surface area contributed by atoms with Crippen LogP contribution in [-0.4, -0.2) is 74.0 Å². The first-order valence-corrected chi connectivity index (χ1v) is 12.8. The monoisotopic (exact) mass is 541 g/mol. The molecule has 0 saturated heterocycles. The van der Waals surface area contributed by atoms with Crippen LogP contribution in [-0.2, 0) is 19.5 Å². The van der Waals surface area contributed by atoms with E-state index < -0.39 is 27.3 Å². The van der Waals surface area contributed by atoms with Crippen molar-refractivity contribution in [1.29, 1.82) is 0 Å². The van der Waals surface area contributed by atoms with Crippen LogP contribution in [0.25, 0.3) is 0 Å². The lowest BCUT2D eigenvalue weighted by Crippen LogP contribution is -2.53. The van der Waals surface area contributed by atoms with Crippen molar-refractivity contribution in [2.75, 3.05) is 21.3 Å². The summed E-state index contributed by atoms with van der Waals surface area (Å²) in [5.74, 6) is -0.438. The molecule has 3 rings (SSSR count). The number of ether oxygens (including phenoxy) is 3. The second kappa shape index (κ2) is 12.3. The van der Waals surface area contributed by atoms with Gasteiger partial charge in [-0.1, -0.05) is 17.7 Å². The summed E-state index contributed by atoms with van der Waals surface area (Å²) in [7, 11) is 0.212. The summed E-state index contributed by atoms with van der Waals surface area (Å²) >= 11 is 5.83. The van der Waals surface area contributed by atoms with Gasteiger partial charge in [0.1, 0.15) is 17.0 Å². The van der Waals surface area contributed by atoms with Gasteiger partial charge in [-0.15, -0.1) is 0 Å². The minimum absolute atomic E-state index is 0.0511. The number of carbonyl (C=O) groups excluding carboxylic acids is 1. The van der Waals surface area contributed by atoms with Gasteiger partial charge in [0.05, 0.1) is 24.3 Å². The number of halogens is 1. The van der Waals surface area contributed by atoms with Crippen molar-refractivity contribution in [3.63, 3.8) is 0 Å². The molecule has 4 atom stereocenters. The van der Waals surface area contributed by atoms with E-state index in [0.717, 1.165) is 6.42 Å². The van der Waals surface area contributed by atoms with Gasteiger partial charge in [0.25, 0.3) is 5.91 Å². The predicted octanol–water partition coefficient (Wildman–Crippen LogP) is 0.997. The lowest BCUT2D eigenvalue weighted by atomic mass is 9.90. The summed E-state index contributed by atoms with van der Waals surface area (Å²) in [6.07, 6.45) is 2.98. The molecule has 36 heavy (non-hydrogen) atoms. The zero-order valence-electron chi connectivity index (χ0n) is 20.1. The SMILES string of the molecule is COc1cccc(C(=O)NNC(=N[C@H]2CC[C@@H]2OC)NS(=O)(=O)[C@@H](C)[C@H](OC)c2ncc(Cl)cn2)n1. The minimum Gasteiger partial charge on any atom is -0.481 e. The maximum atomic E-state index is 13.3. The van der Waals surface area contributed by atoms with E-state index in [2.05, 4.69) is 35.5 Å². The molecule has 1 aliphatic rings. The van der Waals surface area contributed by atoms with Crippen molar-refractivity contribution >= 4 is 33.5 Å². The molecule has 3 N–H and O–H groups in total. The van der Waals surface area contributed by atoms with E-state index in [9.17, 15) is 13.2 Å². The summed E-state index contributed by atoms with van der Waals surface area (Å²) in [5, 5.41) is -0.846. The number of rotatable bonds is 9. The Labute approximate surface area is 214 Å². The van der Waals surface area contributed by atoms with Crippen molar-refractivity contribution in [2.45, 2.75) is 43.3 Å². The van der Waals surface area contributed by atoms with E-state index in [-0.39, 0.29) is 35.5 Å². The molecule has 1 aliphatic carbocycles. The topological polar surface area (TPSA) is 166 Å². The average molecular weight is 542 g/mol. The van der Waals surface area contributed by atoms with Crippen molar-refractivity contribution in [1.82, 2.24) is 30.5 Å². The number of methoxy groups -OCH3 is 3. The Morgan fingerprint density at radius 2 is 1.89 bits per heavy atom. The van der Waals surface area contributed by atoms with Crippen LogP contribution in [0, 0.1) is 0 Å². The number of sulfonamides is 1. The first-order chi connectivity index (χ1) is 17.2. The van der Waals surface area contributed by atoms with E-state index in [1.54, 1.807) is 19.2 Å². The number of hydrogen-bond donors (Lipinski definition) is 3. The Balaban J connectivity index is 1.79. The van der Waals surface area contributed by atoms with Crippen LogP contribution >= 0.6 is 11.6 Å². The molecular weight excluding hydrogens is 514 g/mol. The Morgan fingerprint density at radius 1 is 1.17 bits per heavy atom. The van der Waals surface area contributed by atoms with Crippen LogP contribution in [0.2, 0.25) is 5.02 Å². The van der Waals surface area contributed by atoms with E-state index >= 15 is 0 Å². The number of nitrogens with zero attached hydrogens (tertiary/aromatic N) is 4. The van der Waals surface area contributed by atoms with Gasteiger partial charge < -0.3 is 14.2 Å². The molecule has 1 saturated carbocycles. The molecule has 2 aromatic rings. The van der Waals surface area contributed by atoms with Gasteiger partial charge in [-0.05, 0) is 25.8 Å². The molecule has 0 radical (unpaired) electrons. The van der Waals surface area contributed by atoms with Crippen molar-refractivity contribution in [3.05, 3.63) is 47.1 Å². The molecule has 1 amide bonds. The third-order valence-electron chi connectivity index (χ3n) is 5.54. The summed E-state index contributed by atoms with van der Waals surface area (Å²) in [4.78, 5) is 29.2. The largest absolute Gasteiger partial charge is 0.481 e. The first kappa shape index (κ1) is 27.5. The first-order valence-electron chi connectivity index (χ1n) is 10.9. The number of hydrazine groups is 1. The molecule has 1 fully saturated rings. The number of hydrogen-bond acceptors (Lipinski definition) is 10. The second-order valence-electron chi connectivity index (χ2n) is 7.81. The Morgan fingerprint density at radius 3 is 2.47 bits per heavy atom. The van der Waals surface area contributed by atoms with Crippen LogP contribution in [0.15, 0.2) is 35.6 Å². The predicted molar refractivity (Wildman–Crippen MR) is 131 cm³/mol. The van der Waals surface area contributed by atoms with E-state index in [1.165, 1.54) is 39.6 Å². The Bertz CT molecular complexity index is 1180. The van der Waals surface area contributed by atoms with Crippen molar-refractivity contribution < 1.29 is 27.4 Å². The van der Waals surface area contributed by atoms with Crippen LogP contribution < -0.4 is 20.3 Å². The highest BCUT2D eigenvalue weighted by Gasteiger charge is 2.35. The van der Waals surface area contributed by atoms with E-state index in [1.807, 2.05) is 0 Å². The maximum Gasteiger partial charge on any atom is 0.288 e. The van der Waals surface area contributed by atoms with Crippen LogP contribution in [0.4, 0.5) is 0 Å². The standard InChI is InChI=1S/C21H28ClN7O6S/c1-12(18(35-4)19-23-10-13(22)11-24-19)36(31,32)29-21(26-14-8-9-16(14)33-2)28-27-20(30)15-6-5-7-17(25-15)34-3/h5-7,10-12,14,16,18H,8-9H2,1-4H3,(H,27,30)(H2,26,28,29)/t12-,14-,16-,18-/m0/s1. The van der Waals surface area contributed by atoms with Gasteiger partial charge in [0.2, 0.25) is 21.9 Å².